The third kappa shape index (κ3) is 5.80. The molecule has 0 aliphatic rings. The molecule has 0 amide bonds. The average Bonchev–Trinajstić information content (AvgIpc) is 2.59. The maximum absolute atomic E-state index is 10.8. The Hall–Kier alpha value is -2.48. The highest BCUT2D eigenvalue weighted by molar-refractivity contribution is 5.70. The Bertz CT molecular complexity index is 750. The van der Waals surface area contributed by atoms with Crippen LogP contribution < -0.4 is 5.32 Å². The van der Waals surface area contributed by atoms with Crippen LogP contribution in [0.3, 0.4) is 0 Å². The Morgan fingerprint density at radius 3 is 2.65 bits per heavy atom. The molecule has 0 radical (unpaired) electrons. The molecule has 140 valence electrons. The first-order valence-electron chi connectivity index (χ1n) is 8.39. The zero-order chi connectivity index (χ0) is 19.1. The van der Waals surface area contributed by atoms with Crippen molar-refractivity contribution in [1.29, 1.82) is 0 Å². The molecular weight excluding hydrogens is 336 g/mol. The number of rotatable bonds is 9. The summed E-state index contributed by atoms with van der Waals surface area (Å²) in [6.07, 6.45) is -0.194. The Labute approximate surface area is 152 Å². The smallest absolute Gasteiger partial charge is 0.307 e. The molecule has 0 aliphatic heterocycles. The minimum atomic E-state index is -0.873. The fraction of sp³-hybridized carbons (Fsp3) is 0.368. The van der Waals surface area contributed by atoms with Crippen LogP contribution in [0, 0.1) is 0 Å². The molecule has 0 saturated carbocycles. The second kappa shape index (κ2) is 9.28. The standard InChI is InChI=1S/C19H24N2O5/c1-12(7-13-3-2-4-14(8-13)9-19(25)26)20-10-18(24)15-5-6-17(23)16(11-22)21-15/h2-6,8,12,18,20,22-24H,7,9-11H2,1H3,(H,25,26)/t12-,18?/m1/s1. The quantitative estimate of drug-likeness (QED) is 0.455. The maximum atomic E-state index is 10.8. The van der Waals surface area contributed by atoms with Crippen molar-refractivity contribution in [1.82, 2.24) is 10.3 Å². The highest BCUT2D eigenvalue weighted by Gasteiger charge is 2.13. The number of benzene rings is 1. The summed E-state index contributed by atoms with van der Waals surface area (Å²) in [5, 5.41) is 41.0. The van der Waals surface area contributed by atoms with Crippen molar-refractivity contribution >= 4 is 5.97 Å². The molecule has 26 heavy (non-hydrogen) atoms. The molecule has 2 rings (SSSR count). The van der Waals surface area contributed by atoms with E-state index in [1.54, 1.807) is 6.07 Å². The Morgan fingerprint density at radius 2 is 1.96 bits per heavy atom. The lowest BCUT2D eigenvalue weighted by molar-refractivity contribution is -0.136. The van der Waals surface area contributed by atoms with E-state index in [1.165, 1.54) is 12.1 Å². The largest absolute Gasteiger partial charge is 0.506 e. The minimum Gasteiger partial charge on any atom is -0.506 e. The van der Waals surface area contributed by atoms with Crippen molar-refractivity contribution in [3.8, 4) is 5.75 Å². The van der Waals surface area contributed by atoms with Crippen LogP contribution in [0.15, 0.2) is 36.4 Å². The summed E-state index contributed by atoms with van der Waals surface area (Å²) in [5.41, 5.74) is 2.27. The molecule has 0 bridgehead atoms. The summed E-state index contributed by atoms with van der Waals surface area (Å²) in [5.74, 6) is -0.967. The van der Waals surface area contributed by atoms with Gasteiger partial charge in [-0.15, -0.1) is 0 Å². The van der Waals surface area contributed by atoms with Crippen LogP contribution in [0.4, 0.5) is 0 Å². The van der Waals surface area contributed by atoms with Gasteiger partial charge in [0.15, 0.2) is 0 Å². The van der Waals surface area contributed by atoms with Crippen molar-refractivity contribution in [2.24, 2.45) is 0 Å². The summed E-state index contributed by atoms with van der Waals surface area (Å²) < 4.78 is 0. The van der Waals surface area contributed by atoms with Crippen molar-refractivity contribution in [2.45, 2.75) is 38.5 Å². The molecule has 0 aliphatic carbocycles. The average molecular weight is 360 g/mol. The zero-order valence-electron chi connectivity index (χ0n) is 14.6. The molecule has 5 N–H and O–H groups in total. The molecule has 2 aromatic rings. The molecule has 0 saturated heterocycles. The number of aromatic hydroxyl groups is 1. The molecule has 2 atom stereocenters. The number of nitrogens with zero attached hydrogens (tertiary/aromatic N) is 1. The minimum absolute atomic E-state index is 0.00588. The van der Waals surface area contributed by atoms with Gasteiger partial charge in [0.05, 0.1) is 18.7 Å². The molecule has 1 unspecified atom stereocenters. The van der Waals surface area contributed by atoms with Gasteiger partial charge in [0.1, 0.15) is 17.5 Å². The van der Waals surface area contributed by atoms with Gasteiger partial charge >= 0.3 is 5.97 Å². The summed E-state index contributed by atoms with van der Waals surface area (Å²) in [4.78, 5) is 14.8. The molecule has 1 heterocycles. The van der Waals surface area contributed by atoms with Gasteiger partial charge in [-0.25, -0.2) is 4.98 Å². The van der Waals surface area contributed by atoms with Gasteiger partial charge in [0, 0.05) is 12.6 Å². The predicted molar refractivity (Wildman–Crippen MR) is 95.7 cm³/mol. The van der Waals surface area contributed by atoms with Gasteiger partial charge in [-0.3, -0.25) is 4.79 Å². The van der Waals surface area contributed by atoms with E-state index in [4.69, 9.17) is 10.2 Å². The molecular formula is C19H24N2O5. The van der Waals surface area contributed by atoms with Crippen LogP contribution in [-0.2, 0) is 24.2 Å². The number of hydrogen-bond donors (Lipinski definition) is 5. The van der Waals surface area contributed by atoms with E-state index in [0.717, 1.165) is 11.1 Å². The number of carboxylic acid groups (broad SMARTS) is 1. The van der Waals surface area contributed by atoms with Gasteiger partial charge in [0.25, 0.3) is 0 Å². The lowest BCUT2D eigenvalue weighted by atomic mass is 10.0. The fourth-order valence-electron chi connectivity index (χ4n) is 2.70. The Kier molecular flexibility index (Phi) is 7.08. The number of pyridine rings is 1. The molecule has 1 aromatic carbocycles. The maximum Gasteiger partial charge on any atom is 0.307 e. The topological polar surface area (TPSA) is 123 Å². The molecule has 0 spiro atoms. The SMILES string of the molecule is C[C@H](Cc1cccc(CC(=O)O)c1)NCC(O)c1ccc(O)c(CO)n1. The molecule has 1 aromatic heterocycles. The normalized spacial score (nSPS) is 13.3. The van der Waals surface area contributed by atoms with E-state index in [2.05, 4.69) is 10.3 Å². The van der Waals surface area contributed by atoms with Crippen molar-refractivity contribution < 1.29 is 25.2 Å². The van der Waals surface area contributed by atoms with Gasteiger partial charge in [-0.1, -0.05) is 24.3 Å². The number of aromatic nitrogens is 1. The summed E-state index contributed by atoms with van der Waals surface area (Å²) >= 11 is 0. The first-order valence-corrected chi connectivity index (χ1v) is 8.39. The van der Waals surface area contributed by atoms with Crippen molar-refractivity contribution in [2.75, 3.05) is 6.54 Å². The number of carboxylic acids is 1. The Balaban J connectivity index is 1.90. The van der Waals surface area contributed by atoms with E-state index < -0.39 is 18.7 Å². The predicted octanol–water partition coefficient (Wildman–Crippen LogP) is 1.16. The third-order valence-corrected chi connectivity index (χ3v) is 4.01. The number of nitrogens with one attached hydrogen (secondary N) is 1. The number of carbonyl (C=O) groups is 1. The van der Waals surface area contributed by atoms with Crippen LogP contribution in [0.2, 0.25) is 0 Å². The highest BCUT2D eigenvalue weighted by Crippen LogP contribution is 2.18. The van der Waals surface area contributed by atoms with Crippen molar-refractivity contribution in [3.63, 3.8) is 0 Å². The van der Waals surface area contributed by atoms with Crippen molar-refractivity contribution in [3.05, 3.63) is 58.9 Å². The van der Waals surface area contributed by atoms with E-state index in [-0.39, 0.29) is 30.5 Å². The van der Waals surface area contributed by atoms with Gasteiger partial charge in [0.2, 0.25) is 0 Å². The van der Waals surface area contributed by atoms with E-state index in [0.29, 0.717) is 12.1 Å². The zero-order valence-corrected chi connectivity index (χ0v) is 14.6. The second-order valence-corrected chi connectivity index (χ2v) is 6.28. The monoisotopic (exact) mass is 360 g/mol. The van der Waals surface area contributed by atoms with E-state index in [9.17, 15) is 15.0 Å². The Morgan fingerprint density at radius 1 is 1.23 bits per heavy atom. The fourth-order valence-corrected chi connectivity index (χ4v) is 2.70. The number of aliphatic hydroxyl groups is 2. The van der Waals surface area contributed by atoms with Crippen LogP contribution in [0.5, 0.6) is 5.75 Å². The van der Waals surface area contributed by atoms with Crippen LogP contribution in [-0.4, -0.2) is 44.0 Å². The van der Waals surface area contributed by atoms with E-state index in [1.807, 2.05) is 25.1 Å². The lowest BCUT2D eigenvalue weighted by Crippen LogP contribution is -2.32. The number of aliphatic carboxylic acids is 1. The van der Waals surface area contributed by atoms with Gasteiger partial charge < -0.3 is 25.7 Å². The first kappa shape index (κ1) is 19.8. The van der Waals surface area contributed by atoms with Crippen LogP contribution >= 0.6 is 0 Å². The molecule has 0 fully saturated rings. The highest BCUT2D eigenvalue weighted by atomic mass is 16.4. The molecule has 7 nitrogen and oxygen atoms in total. The van der Waals surface area contributed by atoms with Gasteiger partial charge in [-0.05, 0) is 36.6 Å². The summed E-state index contributed by atoms with van der Waals surface area (Å²) in [6.45, 7) is 1.83. The summed E-state index contributed by atoms with van der Waals surface area (Å²) in [6, 6.07) is 10.4. The van der Waals surface area contributed by atoms with E-state index >= 15 is 0 Å². The number of hydrogen-bond acceptors (Lipinski definition) is 6. The third-order valence-electron chi connectivity index (χ3n) is 4.01. The lowest BCUT2D eigenvalue weighted by Gasteiger charge is -2.18. The second-order valence-electron chi connectivity index (χ2n) is 6.28. The molecule has 7 heteroatoms. The summed E-state index contributed by atoms with van der Waals surface area (Å²) in [7, 11) is 0. The van der Waals surface area contributed by atoms with Gasteiger partial charge in [-0.2, -0.15) is 0 Å². The van der Waals surface area contributed by atoms with Crippen LogP contribution in [0.1, 0.15) is 35.5 Å². The van der Waals surface area contributed by atoms with Crippen LogP contribution in [0.25, 0.3) is 0 Å². The number of aliphatic hydroxyl groups excluding tert-OH is 2. The first-order chi connectivity index (χ1) is 12.4.